The highest BCUT2D eigenvalue weighted by atomic mass is 16.5. The van der Waals surface area contributed by atoms with E-state index in [4.69, 9.17) is 15.4 Å². The van der Waals surface area contributed by atoms with Gasteiger partial charge >= 0.3 is 0 Å². The smallest absolute Gasteiger partial charge is 0.167 e. The summed E-state index contributed by atoms with van der Waals surface area (Å²) in [5.41, 5.74) is 8.47. The first-order valence-electron chi connectivity index (χ1n) is 9.71. The van der Waals surface area contributed by atoms with E-state index < -0.39 is 6.10 Å². The number of aliphatic hydroxyl groups is 2. The van der Waals surface area contributed by atoms with Crippen LogP contribution in [-0.4, -0.2) is 38.1 Å². The molecule has 7 nitrogen and oxygen atoms in total. The van der Waals surface area contributed by atoms with Crippen molar-refractivity contribution in [2.24, 2.45) is 17.6 Å². The third kappa shape index (κ3) is 4.10. The van der Waals surface area contributed by atoms with Crippen molar-refractivity contribution in [1.82, 2.24) is 14.7 Å². The highest BCUT2D eigenvalue weighted by molar-refractivity contribution is 5.59. The van der Waals surface area contributed by atoms with Crippen LogP contribution in [-0.2, 0) is 0 Å². The van der Waals surface area contributed by atoms with E-state index in [0.29, 0.717) is 35.7 Å². The predicted molar refractivity (Wildman–Crippen MR) is 108 cm³/mol. The minimum atomic E-state index is -0.706. The summed E-state index contributed by atoms with van der Waals surface area (Å²) in [6.07, 6.45) is 3.69. The molecule has 0 saturated heterocycles. The summed E-state index contributed by atoms with van der Waals surface area (Å²) < 4.78 is 7.36. The number of aromatic nitrogens is 3. The van der Waals surface area contributed by atoms with Gasteiger partial charge in [-0.15, -0.1) is 0 Å². The fraction of sp³-hybridized carbons (Fsp3) is 0.364. The van der Waals surface area contributed by atoms with Crippen LogP contribution in [0.4, 0.5) is 0 Å². The molecule has 1 aliphatic rings. The molecule has 0 amide bonds. The molecule has 150 valence electrons. The number of hydrogen-bond donors (Lipinski definition) is 3. The van der Waals surface area contributed by atoms with E-state index in [9.17, 15) is 5.11 Å². The van der Waals surface area contributed by atoms with Crippen LogP contribution >= 0.6 is 0 Å². The fourth-order valence-electron chi connectivity index (χ4n) is 3.39. The molecule has 0 aliphatic heterocycles. The summed E-state index contributed by atoms with van der Waals surface area (Å²) >= 11 is 0. The molecule has 2 unspecified atom stereocenters. The molecule has 2 aromatic heterocycles. The molecular formula is C22H24N4O3. The summed E-state index contributed by atoms with van der Waals surface area (Å²) in [7, 11) is 0. The highest BCUT2D eigenvalue weighted by Gasteiger charge is 2.34. The van der Waals surface area contributed by atoms with Gasteiger partial charge in [0.25, 0.3) is 0 Å². The first-order chi connectivity index (χ1) is 14.1. The zero-order valence-electron chi connectivity index (χ0n) is 16.2. The Kier molecular flexibility index (Phi) is 5.49. The number of nitrogens with two attached hydrogens (primary N) is 1. The average Bonchev–Trinajstić information content (AvgIpc) is 3.09. The van der Waals surface area contributed by atoms with Gasteiger partial charge in [-0.25, -0.2) is 4.98 Å². The Morgan fingerprint density at radius 3 is 2.79 bits per heavy atom. The summed E-state index contributed by atoms with van der Waals surface area (Å²) in [5.74, 6) is 8.19. The van der Waals surface area contributed by atoms with Gasteiger partial charge in [0, 0.05) is 48.7 Å². The van der Waals surface area contributed by atoms with Crippen molar-refractivity contribution in [1.29, 1.82) is 0 Å². The van der Waals surface area contributed by atoms with Crippen molar-refractivity contribution in [3.8, 4) is 23.2 Å². The molecule has 0 bridgehead atoms. The van der Waals surface area contributed by atoms with E-state index in [1.54, 1.807) is 19.3 Å². The van der Waals surface area contributed by atoms with E-state index in [-0.39, 0.29) is 12.6 Å². The van der Waals surface area contributed by atoms with Gasteiger partial charge in [0.1, 0.15) is 17.6 Å². The first-order valence-corrected chi connectivity index (χ1v) is 9.71. The summed E-state index contributed by atoms with van der Waals surface area (Å²) in [6, 6.07) is 9.37. The number of imidazole rings is 1. The Morgan fingerprint density at radius 1 is 1.34 bits per heavy atom. The molecule has 0 radical (unpaired) electrons. The monoisotopic (exact) mass is 392 g/mol. The lowest BCUT2D eigenvalue weighted by molar-refractivity contribution is 0.182. The average molecular weight is 392 g/mol. The second kappa shape index (κ2) is 8.21. The SMILES string of the molecule is CC(O)c1nccn1C(CN)c1cc(-c2ccc(C#C[C@@H]3C[C@H]3CO)cc2)on1. The maximum absolute atomic E-state index is 9.91. The van der Waals surface area contributed by atoms with Crippen molar-refractivity contribution in [2.75, 3.05) is 13.2 Å². The van der Waals surface area contributed by atoms with E-state index in [2.05, 4.69) is 22.0 Å². The van der Waals surface area contributed by atoms with Crippen molar-refractivity contribution in [2.45, 2.75) is 25.5 Å². The standard InChI is InChI=1S/C22H24N4O3/c1-14(28)22-24-8-9-26(22)20(12-23)19-11-21(29-25-19)16-5-2-15(3-6-16)4-7-17-10-18(17)13-27/h2-3,5-6,8-9,11,14,17-18,20,27-28H,10,12-13,23H2,1H3/t14?,17-,18+,20?/m1/s1. The van der Waals surface area contributed by atoms with Gasteiger partial charge < -0.3 is 25.0 Å². The van der Waals surface area contributed by atoms with Crippen LogP contribution in [0.5, 0.6) is 0 Å². The summed E-state index contributed by atoms with van der Waals surface area (Å²) in [5, 5.41) is 23.2. The van der Waals surface area contributed by atoms with Crippen molar-refractivity contribution >= 4 is 0 Å². The van der Waals surface area contributed by atoms with Crippen LogP contribution in [0.1, 0.15) is 42.6 Å². The van der Waals surface area contributed by atoms with Crippen LogP contribution in [0.3, 0.4) is 0 Å². The molecule has 4 atom stereocenters. The Balaban J connectivity index is 1.51. The third-order valence-corrected chi connectivity index (χ3v) is 5.23. The van der Waals surface area contributed by atoms with Crippen molar-refractivity contribution < 1.29 is 14.7 Å². The third-order valence-electron chi connectivity index (χ3n) is 5.23. The van der Waals surface area contributed by atoms with E-state index in [1.165, 1.54) is 0 Å². The Morgan fingerprint density at radius 2 is 2.14 bits per heavy atom. The molecule has 1 aromatic carbocycles. The lowest BCUT2D eigenvalue weighted by atomic mass is 10.1. The first kappa shape index (κ1) is 19.4. The lowest BCUT2D eigenvalue weighted by Crippen LogP contribution is -2.22. The van der Waals surface area contributed by atoms with E-state index >= 15 is 0 Å². The van der Waals surface area contributed by atoms with Gasteiger partial charge in [0.2, 0.25) is 0 Å². The molecule has 4 rings (SSSR count). The Bertz CT molecular complexity index is 1030. The number of hydrogen-bond acceptors (Lipinski definition) is 6. The summed E-state index contributed by atoms with van der Waals surface area (Å²) in [4.78, 5) is 4.20. The molecule has 1 saturated carbocycles. The van der Waals surface area contributed by atoms with E-state index in [1.807, 2.05) is 34.9 Å². The normalized spacial score (nSPS) is 20.0. The molecule has 7 heteroatoms. The van der Waals surface area contributed by atoms with Crippen LogP contribution in [0.25, 0.3) is 11.3 Å². The largest absolute Gasteiger partial charge is 0.396 e. The van der Waals surface area contributed by atoms with Gasteiger partial charge in [-0.05, 0) is 43.5 Å². The van der Waals surface area contributed by atoms with Crippen LogP contribution < -0.4 is 5.73 Å². The number of rotatable bonds is 6. The molecule has 3 aromatic rings. The quantitative estimate of drug-likeness (QED) is 0.554. The number of nitrogens with zero attached hydrogens (tertiary/aromatic N) is 3. The molecule has 1 fully saturated rings. The van der Waals surface area contributed by atoms with Crippen molar-refractivity contribution in [3.05, 3.63) is 59.8 Å². The molecule has 4 N–H and O–H groups in total. The minimum absolute atomic E-state index is 0.216. The van der Waals surface area contributed by atoms with Gasteiger partial charge in [-0.1, -0.05) is 17.0 Å². The number of benzene rings is 1. The van der Waals surface area contributed by atoms with Gasteiger partial charge in [-0.3, -0.25) is 0 Å². The van der Waals surface area contributed by atoms with Gasteiger partial charge in [0.05, 0.1) is 6.04 Å². The molecular weight excluding hydrogens is 368 g/mol. The molecule has 0 spiro atoms. The van der Waals surface area contributed by atoms with Gasteiger partial charge in [-0.2, -0.15) is 0 Å². The minimum Gasteiger partial charge on any atom is -0.396 e. The fourth-order valence-corrected chi connectivity index (χ4v) is 3.39. The molecule has 1 aliphatic carbocycles. The number of aliphatic hydroxyl groups excluding tert-OH is 2. The zero-order valence-corrected chi connectivity index (χ0v) is 16.2. The zero-order chi connectivity index (χ0) is 20.4. The maximum Gasteiger partial charge on any atom is 0.167 e. The van der Waals surface area contributed by atoms with E-state index in [0.717, 1.165) is 17.5 Å². The lowest BCUT2D eigenvalue weighted by Gasteiger charge is -2.17. The topological polar surface area (TPSA) is 110 Å². The van der Waals surface area contributed by atoms with Crippen LogP contribution in [0, 0.1) is 23.7 Å². The summed E-state index contributed by atoms with van der Waals surface area (Å²) in [6.45, 7) is 2.18. The predicted octanol–water partition coefficient (Wildman–Crippen LogP) is 2.12. The maximum atomic E-state index is 9.91. The van der Waals surface area contributed by atoms with Gasteiger partial charge in [0.15, 0.2) is 5.76 Å². The van der Waals surface area contributed by atoms with Crippen LogP contribution in [0.2, 0.25) is 0 Å². The second-order valence-corrected chi connectivity index (χ2v) is 7.37. The second-order valence-electron chi connectivity index (χ2n) is 7.37. The van der Waals surface area contributed by atoms with Crippen molar-refractivity contribution in [3.63, 3.8) is 0 Å². The highest BCUT2D eigenvalue weighted by Crippen LogP contribution is 2.37. The Labute approximate surface area is 169 Å². The molecule has 2 heterocycles. The Hall–Kier alpha value is -2.92. The van der Waals surface area contributed by atoms with Crippen LogP contribution in [0.15, 0.2) is 47.2 Å². The molecule has 29 heavy (non-hydrogen) atoms.